The van der Waals surface area contributed by atoms with Crippen LogP contribution in [0, 0.1) is 0 Å². The molecule has 0 heterocycles. The molecule has 7 heavy (non-hydrogen) atoms. The fraction of sp³-hybridized carbons (Fsp3) is 1.00. The molecule has 0 aromatic carbocycles. The van der Waals surface area contributed by atoms with Gasteiger partial charge >= 0.3 is 0 Å². The highest BCUT2D eigenvalue weighted by molar-refractivity contribution is 8.47. The Bertz CT molecular complexity index is 40.7. The zero-order valence-electron chi connectivity index (χ0n) is 5.12. The van der Waals surface area contributed by atoms with Gasteiger partial charge in [-0.15, -0.1) is 0 Å². The third-order valence-corrected chi connectivity index (χ3v) is 3.79. The van der Waals surface area contributed by atoms with Crippen LogP contribution < -0.4 is 4.67 Å². The van der Waals surface area contributed by atoms with Gasteiger partial charge in [-0.25, -0.2) is 0 Å². The van der Waals surface area contributed by atoms with Crippen molar-refractivity contribution in [1.29, 1.82) is 0 Å². The van der Waals surface area contributed by atoms with Crippen LogP contribution in [-0.2, 0) is 0 Å². The zero-order chi connectivity index (χ0) is 5.70. The van der Waals surface area contributed by atoms with Crippen molar-refractivity contribution in [2.75, 3.05) is 19.8 Å². The largest absolute Gasteiger partial charge is 0.320 e. The van der Waals surface area contributed by atoms with Crippen LogP contribution >= 0.6 is 19.3 Å². The Labute approximate surface area is 51.4 Å². The first-order chi connectivity index (χ1) is 3.27. The maximum Gasteiger partial charge on any atom is 0.150 e. The highest BCUT2D eigenvalue weighted by Gasteiger charge is 1.88. The SMILES string of the molecule is CCSP[NH+](C)C. The highest BCUT2D eigenvalue weighted by atomic mass is 32.7. The summed E-state index contributed by atoms with van der Waals surface area (Å²) in [7, 11) is 5.39. The standard InChI is InChI=1S/C4H12NPS/c1-4-7-6-5(2)3/h6H,4H2,1-3H3/p+1. The molecule has 0 amide bonds. The van der Waals surface area contributed by atoms with Gasteiger partial charge in [-0.3, -0.25) is 0 Å². The number of nitrogens with one attached hydrogen (secondary N) is 1. The molecule has 1 N–H and O–H groups in total. The minimum Gasteiger partial charge on any atom is -0.320 e. The molecular weight excluding hydrogens is 125 g/mol. The molecule has 0 aliphatic heterocycles. The van der Waals surface area contributed by atoms with Crippen molar-refractivity contribution in [3.63, 3.8) is 0 Å². The number of hydrogen-bond acceptors (Lipinski definition) is 1. The highest BCUT2D eigenvalue weighted by Crippen LogP contribution is 2.17. The Balaban J connectivity index is 2.68. The van der Waals surface area contributed by atoms with E-state index in [0.717, 1.165) is 7.93 Å². The van der Waals surface area contributed by atoms with E-state index in [2.05, 4.69) is 21.0 Å². The van der Waals surface area contributed by atoms with Gasteiger partial charge in [0, 0.05) is 0 Å². The normalized spacial score (nSPS) is 12.0. The first kappa shape index (κ1) is 7.74. The summed E-state index contributed by atoms with van der Waals surface area (Å²) in [4.78, 5) is 0. The van der Waals surface area contributed by atoms with Crippen LogP contribution in [0.3, 0.4) is 0 Å². The minimum absolute atomic E-state index is 1.02. The summed E-state index contributed by atoms with van der Waals surface area (Å²) in [5, 5.41) is 0. The Morgan fingerprint density at radius 3 is 2.29 bits per heavy atom. The second-order valence-electron chi connectivity index (χ2n) is 1.54. The lowest BCUT2D eigenvalue weighted by Crippen LogP contribution is -2.96. The van der Waals surface area contributed by atoms with Crippen LogP contribution in [0.5, 0.6) is 0 Å². The van der Waals surface area contributed by atoms with Crippen LogP contribution in [-0.4, -0.2) is 19.8 Å². The van der Waals surface area contributed by atoms with E-state index in [4.69, 9.17) is 0 Å². The lowest BCUT2D eigenvalue weighted by molar-refractivity contribution is -0.710. The van der Waals surface area contributed by atoms with Gasteiger partial charge in [-0.05, 0) is 5.75 Å². The Morgan fingerprint density at radius 1 is 1.57 bits per heavy atom. The van der Waals surface area contributed by atoms with E-state index in [1.807, 2.05) is 11.4 Å². The summed E-state index contributed by atoms with van der Waals surface area (Å²) in [5.41, 5.74) is 0. The van der Waals surface area contributed by atoms with Gasteiger partial charge in [0.15, 0.2) is 0 Å². The van der Waals surface area contributed by atoms with E-state index in [-0.39, 0.29) is 0 Å². The van der Waals surface area contributed by atoms with Crippen LogP contribution in [0.2, 0.25) is 0 Å². The minimum atomic E-state index is 1.02. The topological polar surface area (TPSA) is 4.44 Å². The average Bonchev–Trinajstić information content (AvgIpc) is 1.61. The van der Waals surface area contributed by atoms with Crippen molar-refractivity contribution in [2.45, 2.75) is 6.92 Å². The van der Waals surface area contributed by atoms with Gasteiger partial charge in [0.05, 0.1) is 14.1 Å². The maximum atomic E-state index is 2.20. The van der Waals surface area contributed by atoms with Crippen LogP contribution in [0.15, 0.2) is 0 Å². The summed E-state index contributed by atoms with van der Waals surface area (Å²) in [6.07, 6.45) is 0. The molecule has 44 valence electrons. The molecular formula is C4H13NPS+. The number of hydrogen-bond donors (Lipinski definition) is 1. The molecule has 0 bridgehead atoms. The van der Waals surface area contributed by atoms with Crippen LogP contribution in [0.25, 0.3) is 0 Å². The lowest BCUT2D eigenvalue weighted by atomic mass is 11.0. The molecule has 0 saturated heterocycles. The van der Waals surface area contributed by atoms with Gasteiger partial charge in [0.1, 0.15) is 7.93 Å². The van der Waals surface area contributed by atoms with Crippen LogP contribution in [0.4, 0.5) is 0 Å². The Morgan fingerprint density at radius 2 is 2.14 bits per heavy atom. The molecule has 0 aliphatic carbocycles. The molecule has 1 atom stereocenters. The van der Waals surface area contributed by atoms with E-state index in [9.17, 15) is 0 Å². The van der Waals surface area contributed by atoms with E-state index in [1.165, 1.54) is 5.75 Å². The molecule has 0 aliphatic rings. The van der Waals surface area contributed by atoms with Gasteiger partial charge in [-0.2, -0.15) is 0 Å². The third-order valence-electron chi connectivity index (χ3n) is 0.421. The van der Waals surface area contributed by atoms with Crippen molar-refractivity contribution in [1.82, 2.24) is 0 Å². The number of rotatable bonds is 3. The molecule has 0 radical (unpaired) electrons. The predicted molar refractivity (Wildman–Crippen MR) is 39.3 cm³/mol. The molecule has 0 fully saturated rings. The summed E-state index contributed by atoms with van der Waals surface area (Å²) in [5.74, 6) is 1.25. The van der Waals surface area contributed by atoms with Crippen LogP contribution in [0.1, 0.15) is 6.92 Å². The molecule has 1 nitrogen and oxygen atoms in total. The molecule has 0 aromatic rings. The number of quaternary nitrogens is 1. The van der Waals surface area contributed by atoms with Crippen molar-refractivity contribution >= 4 is 19.3 Å². The quantitative estimate of drug-likeness (QED) is 0.553. The van der Waals surface area contributed by atoms with E-state index >= 15 is 0 Å². The predicted octanol–water partition coefficient (Wildman–Crippen LogP) is 0.392. The van der Waals surface area contributed by atoms with Crippen molar-refractivity contribution < 1.29 is 4.67 Å². The molecule has 0 rings (SSSR count). The van der Waals surface area contributed by atoms with Crippen molar-refractivity contribution in [2.24, 2.45) is 0 Å². The fourth-order valence-electron chi connectivity index (χ4n) is 0.217. The van der Waals surface area contributed by atoms with E-state index < -0.39 is 0 Å². The third kappa shape index (κ3) is 6.74. The smallest absolute Gasteiger partial charge is 0.150 e. The summed E-state index contributed by atoms with van der Waals surface area (Å²) in [6.45, 7) is 2.20. The first-order valence-electron chi connectivity index (χ1n) is 2.45. The van der Waals surface area contributed by atoms with Gasteiger partial charge in [-0.1, -0.05) is 18.3 Å². The molecule has 3 heteroatoms. The Kier molecular flexibility index (Phi) is 5.41. The molecule has 0 aromatic heterocycles. The lowest BCUT2D eigenvalue weighted by Gasteiger charge is -2.01. The van der Waals surface area contributed by atoms with Gasteiger partial charge in [0.25, 0.3) is 0 Å². The first-order valence-corrected chi connectivity index (χ1v) is 5.16. The second kappa shape index (κ2) is 4.89. The molecule has 1 unspecified atom stereocenters. The van der Waals surface area contributed by atoms with E-state index in [0.29, 0.717) is 0 Å². The second-order valence-corrected chi connectivity index (χ2v) is 5.08. The average molecular weight is 138 g/mol. The summed E-state index contributed by atoms with van der Waals surface area (Å²) < 4.78 is 1.55. The summed E-state index contributed by atoms with van der Waals surface area (Å²) in [6, 6.07) is 0. The molecule has 0 saturated carbocycles. The fourth-order valence-corrected chi connectivity index (χ4v) is 1.95. The van der Waals surface area contributed by atoms with Crippen molar-refractivity contribution in [3.05, 3.63) is 0 Å². The Hall–Kier alpha value is 0.740. The summed E-state index contributed by atoms with van der Waals surface area (Å²) >= 11 is 2.01. The maximum absolute atomic E-state index is 2.20. The van der Waals surface area contributed by atoms with Gasteiger partial charge in [0.2, 0.25) is 0 Å². The monoisotopic (exact) mass is 138 g/mol. The van der Waals surface area contributed by atoms with Gasteiger partial charge < -0.3 is 4.67 Å². The molecule has 0 spiro atoms. The zero-order valence-corrected chi connectivity index (χ0v) is 6.93. The van der Waals surface area contributed by atoms with E-state index in [1.54, 1.807) is 4.67 Å². The van der Waals surface area contributed by atoms with Crippen molar-refractivity contribution in [3.8, 4) is 0 Å².